The number of carbonyl (C=O) groups excluding carboxylic acids is 1. The summed E-state index contributed by atoms with van der Waals surface area (Å²) in [5.41, 5.74) is 6.47. The van der Waals surface area contributed by atoms with E-state index >= 15 is 0 Å². The maximum absolute atomic E-state index is 12.8. The highest BCUT2D eigenvalue weighted by molar-refractivity contribution is 7.99. The smallest absolute Gasteiger partial charge is 0.325 e. The summed E-state index contributed by atoms with van der Waals surface area (Å²) in [6.45, 7) is 3.45. The fourth-order valence-electron chi connectivity index (χ4n) is 0.613. The van der Waals surface area contributed by atoms with E-state index in [9.17, 15) is 13.6 Å². The fraction of sp³-hybridized carbons (Fsp3) is 0.857. The molecule has 0 saturated heterocycles. The first-order chi connectivity index (χ1) is 6.19. The molecule has 0 aromatic rings. The quantitative estimate of drug-likeness (QED) is 0.353. The molecular formula is C7H15F2N3OS. The van der Waals surface area contributed by atoms with Crippen molar-refractivity contribution < 1.29 is 13.6 Å². The minimum Gasteiger partial charge on any atom is -0.325 e. The van der Waals surface area contributed by atoms with Crippen molar-refractivity contribution in [2.24, 2.45) is 11.6 Å². The molecule has 0 spiro atoms. The molecule has 0 aliphatic heterocycles. The first-order valence-electron chi connectivity index (χ1n) is 3.94. The number of amides is 1. The van der Waals surface area contributed by atoms with E-state index in [2.05, 4.69) is 5.84 Å². The molecule has 7 heteroatoms. The second-order valence-corrected chi connectivity index (χ2v) is 4.64. The van der Waals surface area contributed by atoms with Gasteiger partial charge >= 0.3 is 11.8 Å². The number of halogens is 2. The highest BCUT2D eigenvalue weighted by Crippen LogP contribution is 2.21. The van der Waals surface area contributed by atoms with Gasteiger partial charge < -0.3 is 5.73 Å². The summed E-state index contributed by atoms with van der Waals surface area (Å²) in [5.74, 6) is -0.577. The van der Waals surface area contributed by atoms with E-state index in [0.717, 1.165) is 11.8 Å². The number of nitrogens with two attached hydrogens (primary N) is 2. The Morgan fingerprint density at radius 2 is 1.93 bits per heavy atom. The molecule has 0 bridgehead atoms. The van der Waals surface area contributed by atoms with E-state index in [1.165, 1.54) is 5.43 Å². The van der Waals surface area contributed by atoms with Crippen LogP contribution in [-0.4, -0.2) is 28.9 Å². The third-order valence-electron chi connectivity index (χ3n) is 1.22. The first-order valence-corrected chi connectivity index (χ1v) is 5.10. The monoisotopic (exact) mass is 227 g/mol. The maximum atomic E-state index is 12.8. The van der Waals surface area contributed by atoms with Gasteiger partial charge in [0.25, 0.3) is 0 Å². The van der Waals surface area contributed by atoms with Crippen molar-refractivity contribution in [2.75, 3.05) is 11.5 Å². The first kappa shape index (κ1) is 13.6. The maximum Gasteiger partial charge on any atom is 0.334 e. The van der Waals surface area contributed by atoms with Crippen molar-refractivity contribution >= 4 is 17.7 Å². The number of hydrazine groups is 1. The van der Waals surface area contributed by atoms with Crippen molar-refractivity contribution in [1.82, 2.24) is 5.43 Å². The minimum absolute atomic E-state index is 0.348. The molecule has 4 nitrogen and oxygen atoms in total. The van der Waals surface area contributed by atoms with E-state index in [1.54, 1.807) is 13.8 Å². The van der Waals surface area contributed by atoms with E-state index < -0.39 is 23.1 Å². The van der Waals surface area contributed by atoms with Crippen LogP contribution in [-0.2, 0) is 4.79 Å². The van der Waals surface area contributed by atoms with Gasteiger partial charge in [-0.05, 0) is 13.8 Å². The highest BCUT2D eigenvalue weighted by atomic mass is 32.2. The van der Waals surface area contributed by atoms with Gasteiger partial charge in [0.1, 0.15) is 0 Å². The second kappa shape index (κ2) is 4.90. The number of carbonyl (C=O) groups is 1. The van der Waals surface area contributed by atoms with Crippen LogP contribution < -0.4 is 17.0 Å². The predicted molar refractivity (Wildman–Crippen MR) is 52.9 cm³/mol. The molecule has 0 fully saturated rings. The van der Waals surface area contributed by atoms with Gasteiger partial charge in [0.05, 0.1) is 5.75 Å². The van der Waals surface area contributed by atoms with Crippen LogP contribution in [0.25, 0.3) is 0 Å². The molecule has 0 aromatic heterocycles. The normalized spacial score (nSPS) is 12.7. The zero-order chi connectivity index (χ0) is 11.4. The number of hydrogen-bond donors (Lipinski definition) is 3. The summed E-state index contributed by atoms with van der Waals surface area (Å²) in [5, 5.41) is 0. The lowest BCUT2D eigenvalue weighted by atomic mass is 10.1. The van der Waals surface area contributed by atoms with Crippen molar-refractivity contribution in [2.45, 2.75) is 25.3 Å². The van der Waals surface area contributed by atoms with Gasteiger partial charge in [-0.25, -0.2) is 5.84 Å². The van der Waals surface area contributed by atoms with Gasteiger partial charge in [-0.15, -0.1) is 0 Å². The second-order valence-electron chi connectivity index (χ2n) is 3.66. The van der Waals surface area contributed by atoms with Crippen LogP contribution in [0.2, 0.25) is 0 Å². The van der Waals surface area contributed by atoms with Crippen molar-refractivity contribution in [3.8, 4) is 0 Å². The Bertz CT molecular complexity index is 206. The molecule has 0 aliphatic carbocycles. The molecule has 0 rings (SSSR count). The fourth-order valence-corrected chi connectivity index (χ4v) is 1.63. The van der Waals surface area contributed by atoms with E-state index in [-0.39, 0.29) is 0 Å². The van der Waals surface area contributed by atoms with Crippen LogP contribution in [0.1, 0.15) is 13.8 Å². The van der Waals surface area contributed by atoms with Crippen LogP contribution in [0, 0.1) is 0 Å². The summed E-state index contributed by atoms with van der Waals surface area (Å²) in [6, 6.07) is 0. The minimum atomic E-state index is -3.44. The Labute approximate surface area is 85.7 Å². The SMILES string of the molecule is CC(C)(N)CSCC(F)(F)C(=O)NN. The Hall–Kier alpha value is -0.400. The van der Waals surface area contributed by atoms with Crippen LogP contribution >= 0.6 is 11.8 Å². The molecule has 0 atom stereocenters. The third-order valence-corrected chi connectivity index (χ3v) is 2.74. The Kier molecular flexibility index (Phi) is 4.76. The molecule has 0 saturated carbocycles. The van der Waals surface area contributed by atoms with Crippen molar-refractivity contribution in [1.29, 1.82) is 0 Å². The van der Waals surface area contributed by atoms with Gasteiger partial charge in [0.15, 0.2) is 0 Å². The van der Waals surface area contributed by atoms with Gasteiger partial charge in [0.2, 0.25) is 0 Å². The zero-order valence-electron chi connectivity index (χ0n) is 8.14. The third kappa shape index (κ3) is 5.36. The Balaban J connectivity index is 3.94. The van der Waals surface area contributed by atoms with Gasteiger partial charge in [0, 0.05) is 11.3 Å². The lowest BCUT2D eigenvalue weighted by molar-refractivity contribution is -0.142. The van der Waals surface area contributed by atoms with Crippen molar-refractivity contribution in [3.05, 3.63) is 0 Å². The molecule has 5 N–H and O–H groups in total. The molecule has 14 heavy (non-hydrogen) atoms. The average molecular weight is 227 g/mol. The Morgan fingerprint density at radius 3 is 2.29 bits per heavy atom. The standard InChI is InChI=1S/C7H15F2N3OS/c1-6(2,10)3-14-4-7(8,9)5(13)12-11/h3-4,10-11H2,1-2H3,(H,12,13). The predicted octanol–water partition coefficient (Wildman–Crippen LogP) is 0.0821. The van der Waals surface area contributed by atoms with Crippen LogP contribution in [0.3, 0.4) is 0 Å². The molecule has 0 aromatic carbocycles. The number of thioether (sulfide) groups is 1. The molecule has 0 heterocycles. The van der Waals surface area contributed by atoms with E-state index in [4.69, 9.17) is 5.73 Å². The van der Waals surface area contributed by atoms with Gasteiger partial charge in [-0.1, -0.05) is 0 Å². The average Bonchev–Trinajstić information content (AvgIpc) is 2.00. The number of nitrogens with one attached hydrogen (secondary N) is 1. The zero-order valence-corrected chi connectivity index (χ0v) is 8.96. The molecular weight excluding hydrogens is 212 g/mol. The molecule has 0 aliphatic rings. The molecule has 84 valence electrons. The summed E-state index contributed by atoms with van der Waals surface area (Å²) >= 11 is 0.919. The van der Waals surface area contributed by atoms with Gasteiger partial charge in [-0.2, -0.15) is 20.5 Å². The number of alkyl halides is 2. The summed E-state index contributed by atoms with van der Waals surface area (Å²) in [6.07, 6.45) is 0. The largest absolute Gasteiger partial charge is 0.334 e. The summed E-state index contributed by atoms with van der Waals surface area (Å²) in [7, 11) is 0. The van der Waals surface area contributed by atoms with Crippen molar-refractivity contribution in [3.63, 3.8) is 0 Å². The van der Waals surface area contributed by atoms with Crippen LogP contribution in [0.4, 0.5) is 8.78 Å². The van der Waals surface area contributed by atoms with Crippen LogP contribution in [0.5, 0.6) is 0 Å². The Morgan fingerprint density at radius 1 is 1.43 bits per heavy atom. The molecule has 0 radical (unpaired) electrons. The highest BCUT2D eigenvalue weighted by Gasteiger charge is 2.38. The summed E-state index contributed by atoms with van der Waals surface area (Å²) < 4.78 is 25.7. The summed E-state index contributed by atoms with van der Waals surface area (Å²) in [4.78, 5) is 10.6. The lowest BCUT2D eigenvalue weighted by Gasteiger charge is -2.19. The topological polar surface area (TPSA) is 81.1 Å². The molecule has 1 amide bonds. The molecule has 0 unspecified atom stereocenters. The number of hydrogen-bond acceptors (Lipinski definition) is 4. The van der Waals surface area contributed by atoms with E-state index in [1.807, 2.05) is 0 Å². The van der Waals surface area contributed by atoms with E-state index in [0.29, 0.717) is 5.75 Å². The number of rotatable bonds is 5. The van der Waals surface area contributed by atoms with Gasteiger partial charge in [-0.3, -0.25) is 10.2 Å². The van der Waals surface area contributed by atoms with Crippen LogP contribution in [0.15, 0.2) is 0 Å². The lowest BCUT2D eigenvalue weighted by Crippen LogP contribution is -2.45.